The highest BCUT2D eigenvalue weighted by molar-refractivity contribution is 5.98. The number of aromatic amines is 1. The third-order valence-electron chi connectivity index (χ3n) is 3.83. The van der Waals surface area contributed by atoms with Crippen LogP contribution in [0.25, 0.3) is 5.69 Å². The van der Waals surface area contributed by atoms with Crippen molar-refractivity contribution in [1.82, 2.24) is 14.8 Å². The lowest BCUT2D eigenvalue weighted by Gasteiger charge is -2.10. The van der Waals surface area contributed by atoms with Gasteiger partial charge in [0.15, 0.2) is 0 Å². The van der Waals surface area contributed by atoms with Crippen molar-refractivity contribution < 1.29 is 18.0 Å². The summed E-state index contributed by atoms with van der Waals surface area (Å²) in [6.45, 7) is 1.59. The Morgan fingerprint density at radius 2 is 2.00 bits per heavy atom. The molecule has 0 aliphatic heterocycles. The molecule has 1 heterocycles. The van der Waals surface area contributed by atoms with Crippen molar-refractivity contribution in [2.45, 2.75) is 19.7 Å². The largest absolute Gasteiger partial charge is 0.416 e. The van der Waals surface area contributed by atoms with E-state index in [4.69, 9.17) is 4.84 Å². The third kappa shape index (κ3) is 4.25. The summed E-state index contributed by atoms with van der Waals surface area (Å²) in [7, 11) is 0. The number of H-pyrrole nitrogens is 1. The van der Waals surface area contributed by atoms with Crippen molar-refractivity contribution in [2.75, 3.05) is 0 Å². The number of hydrogen-bond donors (Lipinski definition) is 1. The number of nitrogens with zero attached hydrogens (tertiary/aromatic N) is 3. The van der Waals surface area contributed by atoms with Gasteiger partial charge in [0.05, 0.1) is 17.0 Å². The predicted molar refractivity (Wildman–Crippen MR) is 92.6 cm³/mol. The Morgan fingerprint density at radius 3 is 2.70 bits per heavy atom. The normalized spacial score (nSPS) is 12.2. The van der Waals surface area contributed by atoms with Crippen molar-refractivity contribution >= 4 is 5.71 Å². The number of hydrogen-bond acceptors (Lipinski definition) is 4. The molecule has 0 bridgehead atoms. The third-order valence-corrected chi connectivity index (χ3v) is 3.83. The summed E-state index contributed by atoms with van der Waals surface area (Å²) in [6, 6.07) is 11.9. The van der Waals surface area contributed by atoms with Crippen LogP contribution in [0.1, 0.15) is 23.6 Å². The monoisotopic (exact) mass is 376 g/mol. The van der Waals surface area contributed by atoms with Gasteiger partial charge in [0.25, 0.3) is 0 Å². The highest BCUT2D eigenvalue weighted by atomic mass is 19.4. The second-order valence-electron chi connectivity index (χ2n) is 5.69. The number of halogens is 3. The molecular formula is C18H15F3N4O2. The van der Waals surface area contributed by atoms with E-state index in [9.17, 15) is 18.0 Å². The maximum Gasteiger partial charge on any atom is 0.416 e. The smallest absolute Gasteiger partial charge is 0.391 e. The molecule has 0 atom stereocenters. The fourth-order valence-corrected chi connectivity index (χ4v) is 2.46. The average Bonchev–Trinajstić information content (AvgIpc) is 3.07. The quantitative estimate of drug-likeness (QED) is 0.547. The van der Waals surface area contributed by atoms with Crippen molar-refractivity contribution in [1.29, 1.82) is 0 Å². The van der Waals surface area contributed by atoms with Crippen LogP contribution in [0.3, 0.4) is 0 Å². The van der Waals surface area contributed by atoms with Gasteiger partial charge >= 0.3 is 11.9 Å². The van der Waals surface area contributed by atoms with Gasteiger partial charge in [-0.15, -0.1) is 0 Å². The molecule has 1 N–H and O–H groups in total. The van der Waals surface area contributed by atoms with Crippen LogP contribution in [0, 0.1) is 0 Å². The molecule has 0 fully saturated rings. The first kappa shape index (κ1) is 18.4. The molecule has 3 aromatic rings. The second-order valence-corrected chi connectivity index (χ2v) is 5.69. The number of oxime groups is 1. The Hall–Kier alpha value is -3.36. The first-order chi connectivity index (χ1) is 12.9. The van der Waals surface area contributed by atoms with Gasteiger partial charge in [-0.3, -0.25) is 0 Å². The lowest BCUT2D eigenvalue weighted by Crippen LogP contribution is -2.15. The molecule has 0 radical (unpaired) electrons. The molecule has 0 aliphatic rings. The molecule has 0 aliphatic carbocycles. The van der Waals surface area contributed by atoms with Gasteiger partial charge in [0.1, 0.15) is 12.9 Å². The molecule has 0 unspecified atom stereocenters. The lowest BCUT2D eigenvalue weighted by atomic mass is 10.1. The average molecular weight is 376 g/mol. The van der Waals surface area contributed by atoms with E-state index in [-0.39, 0.29) is 6.61 Å². The summed E-state index contributed by atoms with van der Waals surface area (Å²) >= 11 is 0. The summed E-state index contributed by atoms with van der Waals surface area (Å²) in [5.41, 5.74) is 0.707. The zero-order valence-electron chi connectivity index (χ0n) is 14.2. The van der Waals surface area contributed by atoms with Crippen LogP contribution in [-0.4, -0.2) is 20.5 Å². The van der Waals surface area contributed by atoms with Gasteiger partial charge < -0.3 is 4.84 Å². The Labute approximate surface area is 151 Å². The summed E-state index contributed by atoms with van der Waals surface area (Å²) in [4.78, 5) is 17.0. The van der Waals surface area contributed by atoms with E-state index < -0.39 is 17.4 Å². The molecular weight excluding hydrogens is 361 g/mol. The Bertz CT molecular complexity index is 1020. The maximum atomic E-state index is 12.8. The topological polar surface area (TPSA) is 72.3 Å². The minimum atomic E-state index is -4.42. The summed E-state index contributed by atoms with van der Waals surface area (Å²) in [6.07, 6.45) is -3.08. The van der Waals surface area contributed by atoms with Crippen LogP contribution < -0.4 is 5.69 Å². The van der Waals surface area contributed by atoms with Gasteiger partial charge in [0.2, 0.25) is 0 Å². The Balaban J connectivity index is 1.77. The van der Waals surface area contributed by atoms with Gasteiger partial charge in [0, 0.05) is 5.56 Å². The summed E-state index contributed by atoms with van der Waals surface area (Å²) in [5, 5.41) is 9.88. The van der Waals surface area contributed by atoms with E-state index in [1.54, 1.807) is 31.2 Å². The van der Waals surface area contributed by atoms with Crippen molar-refractivity contribution in [3.8, 4) is 5.69 Å². The Kier molecular flexibility index (Phi) is 5.11. The van der Waals surface area contributed by atoms with Gasteiger partial charge in [-0.05, 0) is 30.7 Å². The van der Waals surface area contributed by atoms with Gasteiger partial charge in [-0.1, -0.05) is 35.5 Å². The molecule has 27 heavy (non-hydrogen) atoms. The molecule has 0 amide bonds. The van der Waals surface area contributed by atoms with Crippen molar-refractivity contribution in [3.05, 3.63) is 82.0 Å². The van der Waals surface area contributed by atoms with E-state index in [2.05, 4.69) is 15.4 Å². The summed E-state index contributed by atoms with van der Waals surface area (Å²) in [5.74, 6) is 0. The van der Waals surface area contributed by atoms with E-state index in [0.717, 1.165) is 12.1 Å². The zero-order chi connectivity index (χ0) is 19.4. The molecule has 1 aromatic heterocycles. The number of para-hydroxylation sites is 1. The second kappa shape index (κ2) is 7.48. The standard InChI is InChI=1S/C18H15F3N4O2/c1-12(13-6-4-7-15(9-13)18(19,20)21)24-27-10-14-5-2-3-8-16(14)25-11-22-23-17(25)26/h2-9,11H,10H2,1H3,(H,23,26)/b24-12+. The SMILES string of the molecule is C/C(=N\OCc1ccccc1-n1cn[nH]c1=O)c1cccc(C(F)(F)F)c1. The lowest BCUT2D eigenvalue weighted by molar-refractivity contribution is -0.137. The van der Waals surface area contributed by atoms with Crippen LogP contribution in [0.5, 0.6) is 0 Å². The van der Waals surface area contributed by atoms with E-state index >= 15 is 0 Å². The van der Waals surface area contributed by atoms with E-state index in [1.807, 2.05) is 0 Å². The molecule has 140 valence electrons. The maximum absolute atomic E-state index is 12.8. The Morgan fingerprint density at radius 1 is 1.22 bits per heavy atom. The molecule has 3 rings (SSSR count). The number of alkyl halides is 3. The molecule has 0 saturated heterocycles. The number of rotatable bonds is 5. The molecule has 2 aromatic carbocycles. The van der Waals surface area contributed by atoms with Crippen LogP contribution >= 0.6 is 0 Å². The van der Waals surface area contributed by atoms with Crippen LogP contribution in [0.15, 0.2) is 64.8 Å². The number of aromatic nitrogens is 3. The van der Waals surface area contributed by atoms with Crippen LogP contribution in [-0.2, 0) is 17.6 Å². The first-order valence-electron chi connectivity index (χ1n) is 7.91. The van der Waals surface area contributed by atoms with Crippen molar-refractivity contribution in [3.63, 3.8) is 0 Å². The van der Waals surface area contributed by atoms with E-state index in [0.29, 0.717) is 22.5 Å². The predicted octanol–water partition coefficient (Wildman–Crippen LogP) is 3.52. The number of benzene rings is 2. The fourth-order valence-electron chi connectivity index (χ4n) is 2.46. The number of nitrogens with one attached hydrogen (secondary N) is 1. The van der Waals surface area contributed by atoms with Gasteiger partial charge in [-0.25, -0.2) is 14.5 Å². The molecule has 0 saturated carbocycles. The molecule has 0 spiro atoms. The molecule has 9 heteroatoms. The minimum absolute atomic E-state index is 0.0318. The van der Waals surface area contributed by atoms with Crippen molar-refractivity contribution in [2.24, 2.45) is 5.16 Å². The van der Waals surface area contributed by atoms with Crippen LogP contribution in [0.4, 0.5) is 13.2 Å². The van der Waals surface area contributed by atoms with Gasteiger partial charge in [-0.2, -0.15) is 18.3 Å². The van der Waals surface area contributed by atoms with E-state index in [1.165, 1.54) is 23.0 Å². The molecule has 6 nitrogen and oxygen atoms in total. The minimum Gasteiger partial charge on any atom is -0.391 e. The summed E-state index contributed by atoms with van der Waals surface area (Å²) < 4.78 is 39.8. The van der Waals surface area contributed by atoms with Crippen LogP contribution in [0.2, 0.25) is 0 Å². The highest BCUT2D eigenvalue weighted by Gasteiger charge is 2.30. The first-order valence-corrected chi connectivity index (χ1v) is 7.91. The fraction of sp³-hybridized carbons (Fsp3) is 0.167. The highest BCUT2D eigenvalue weighted by Crippen LogP contribution is 2.29. The zero-order valence-corrected chi connectivity index (χ0v) is 14.2.